The molecule has 0 amide bonds. The smallest absolute Gasteiger partial charge is 0.339 e. The summed E-state index contributed by atoms with van der Waals surface area (Å²) in [7, 11) is -2.47. The van der Waals surface area contributed by atoms with Gasteiger partial charge in [0.2, 0.25) is 0 Å². The van der Waals surface area contributed by atoms with Crippen molar-refractivity contribution < 1.29 is 17.3 Å². The zero-order valence-electron chi connectivity index (χ0n) is 19.9. The van der Waals surface area contributed by atoms with Gasteiger partial charge in [0.15, 0.2) is 0 Å². The molecule has 4 aromatic rings. The predicted octanol–water partition coefficient (Wildman–Crippen LogP) is 5.83. The zero-order chi connectivity index (χ0) is 24.4. The average Bonchev–Trinajstić information content (AvgIpc) is 3.22. The fourth-order valence-electron chi connectivity index (χ4n) is 4.54. The van der Waals surface area contributed by atoms with Gasteiger partial charge in [-0.05, 0) is 73.9 Å². The van der Waals surface area contributed by atoms with E-state index in [4.69, 9.17) is 13.9 Å². The Morgan fingerprint density at radius 3 is 2.49 bits per heavy atom. The van der Waals surface area contributed by atoms with Crippen molar-refractivity contribution in [2.24, 2.45) is 0 Å². The molecule has 0 aliphatic heterocycles. The summed E-state index contributed by atoms with van der Waals surface area (Å²) in [5.74, 6) is 1.73. The maximum absolute atomic E-state index is 12.9. The van der Waals surface area contributed by atoms with Gasteiger partial charge in [-0.25, -0.2) is 4.98 Å². The van der Waals surface area contributed by atoms with Crippen molar-refractivity contribution in [2.75, 3.05) is 12.4 Å². The van der Waals surface area contributed by atoms with E-state index < -0.39 is 10.1 Å². The number of aromatic nitrogens is 2. The Labute approximate surface area is 205 Å². The minimum absolute atomic E-state index is 0.0616. The molecule has 5 rings (SSSR count). The van der Waals surface area contributed by atoms with Crippen LogP contribution in [0.4, 0.5) is 5.82 Å². The van der Waals surface area contributed by atoms with Gasteiger partial charge in [-0.2, -0.15) is 8.42 Å². The van der Waals surface area contributed by atoms with E-state index in [1.54, 1.807) is 30.3 Å². The number of anilines is 1. The maximum atomic E-state index is 12.9. The summed E-state index contributed by atoms with van der Waals surface area (Å²) in [6.45, 7) is 2.04. The molecule has 182 valence electrons. The van der Waals surface area contributed by atoms with Crippen LogP contribution < -0.4 is 14.2 Å². The van der Waals surface area contributed by atoms with E-state index in [-0.39, 0.29) is 10.6 Å². The molecule has 0 saturated heterocycles. The fraction of sp³-hybridized carbons (Fsp3) is 0.296. The third-order valence-electron chi connectivity index (χ3n) is 6.39. The molecule has 0 radical (unpaired) electrons. The standard InChI is InChI=1S/C27H29N3O4S/c1-19-15-16-30-25(17-19)29-26(27(30)28-21-8-4-3-5-9-21)20-7-6-10-23(18-20)34-35(31,32)24-13-11-22(33-2)12-14-24/h6-7,10-18,21,28H,3-5,8-9H2,1-2H3. The Balaban J connectivity index is 1.49. The summed E-state index contributed by atoms with van der Waals surface area (Å²) in [5.41, 5.74) is 3.52. The lowest BCUT2D eigenvalue weighted by Crippen LogP contribution is -2.23. The number of hydrogen-bond donors (Lipinski definition) is 1. The topological polar surface area (TPSA) is 81.9 Å². The summed E-state index contributed by atoms with van der Waals surface area (Å²) in [5, 5.41) is 3.72. The number of benzene rings is 2. The van der Waals surface area contributed by atoms with Gasteiger partial charge in [-0.3, -0.25) is 4.40 Å². The monoisotopic (exact) mass is 491 g/mol. The Morgan fingerprint density at radius 2 is 1.74 bits per heavy atom. The van der Waals surface area contributed by atoms with Crippen molar-refractivity contribution in [1.82, 2.24) is 9.38 Å². The van der Waals surface area contributed by atoms with Gasteiger partial charge in [-0.1, -0.05) is 31.4 Å². The SMILES string of the molecule is COc1ccc(S(=O)(=O)Oc2cccc(-c3nc4cc(C)ccn4c3NC3CCCCC3)c2)cc1. The van der Waals surface area contributed by atoms with Crippen LogP contribution in [0.25, 0.3) is 16.9 Å². The van der Waals surface area contributed by atoms with Gasteiger partial charge in [0, 0.05) is 17.8 Å². The van der Waals surface area contributed by atoms with Crippen molar-refractivity contribution in [3.05, 3.63) is 72.4 Å². The molecule has 35 heavy (non-hydrogen) atoms. The molecule has 1 N–H and O–H groups in total. The highest BCUT2D eigenvalue weighted by Gasteiger charge is 2.21. The van der Waals surface area contributed by atoms with Gasteiger partial charge in [0.25, 0.3) is 0 Å². The number of methoxy groups -OCH3 is 1. The Morgan fingerprint density at radius 1 is 0.971 bits per heavy atom. The Hall–Kier alpha value is -3.52. The van der Waals surface area contributed by atoms with Crippen LogP contribution in [0, 0.1) is 6.92 Å². The number of ether oxygens (including phenoxy) is 1. The molecule has 1 aliphatic carbocycles. The van der Waals surface area contributed by atoms with Gasteiger partial charge < -0.3 is 14.2 Å². The normalized spacial score (nSPS) is 14.7. The molecular formula is C27H29N3O4S. The highest BCUT2D eigenvalue weighted by molar-refractivity contribution is 7.87. The average molecular weight is 492 g/mol. The summed E-state index contributed by atoms with van der Waals surface area (Å²) in [6.07, 6.45) is 7.99. The second-order valence-electron chi connectivity index (χ2n) is 8.96. The third-order valence-corrected chi connectivity index (χ3v) is 7.65. The van der Waals surface area contributed by atoms with Crippen LogP contribution in [-0.4, -0.2) is 31.0 Å². The number of fused-ring (bicyclic) bond motifs is 1. The largest absolute Gasteiger partial charge is 0.497 e. The van der Waals surface area contributed by atoms with Crippen LogP contribution >= 0.6 is 0 Å². The molecule has 7 nitrogen and oxygen atoms in total. The number of hydrogen-bond acceptors (Lipinski definition) is 6. The molecule has 2 aromatic carbocycles. The molecule has 1 fully saturated rings. The summed E-state index contributed by atoms with van der Waals surface area (Å²) < 4.78 is 38.4. The van der Waals surface area contributed by atoms with Crippen molar-refractivity contribution in [3.63, 3.8) is 0 Å². The first-order valence-corrected chi connectivity index (χ1v) is 13.3. The summed E-state index contributed by atoms with van der Waals surface area (Å²) >= 11 is 0. The van der Waals surface area contributed by atoms with Gasteiger partial charge >= 0.3 is 10.1 Å². The minimum atomic E-state index is -4.00. The molecular weight excluding hydrogens is 462 g/mol. The van der Waals surface area contributed by atoms with Crippen LogP contribution in [-0.2, 0) is 10.1 Å². The first kappa shape index (κ1) is 23.2. The fourth-order valence-corrected chi connectivity index (χ4v) is 5.46. The number of nitrogens with zero attached hydrogens (tertiary/aromatic N) is 2. The van der Waals surface area contributed by atoms with Crippen LogP contribution in [0.2, 0.25) is 0 Å². The molecule has 0 atom stereocenters. The van der Waals surface area contributed by atoms with Crippen molar-refractivity contribution in [2.45, 2.75) is 50.0 Å². The second kappa shape index (κ2) is 9.62. The Kier molecular flexibility index (Phi) is 6.38. The molecule has 8 heteroatoms. The van der Waals surface area contributed by atoms with Crippen LogP contribution in [0.3, 0.4) is 0 Å². The highest BCUT2D eigenvalue weighted by atomic mass is 32.2. The molecule has 0 unspecified atom stereocenters. The van der Waals surface area contributed by atoms with E-state index in [9.17, 15) is 8.42 Å². The first-order chi connectivity index (χ1) is 16.9. The lowest BCUT2D eigenvalue weighted by Gasteiger charge is -2.24. The lowest BCUT2D eigenvalue weighted by atomic mass is 9.95. The number of nitrogens with one attached hydrogen (secondary N) is 1. The van der Waals surface area contributed by atoms with Crippen molar-refractivity contribution >= 4 is 21.6 Å². The minimum Gasteiger partial charge on any atom is -0.497 e. The predicted molar refractivity (Wildman–Crippen MR) is 137 cm³/mol. The van der Waals surface area contributed by atoms with Gasteiger partial charge in [0.05, 0.1) is 7.11 Å². The molecule has 1 aliphatic rings. The van der Waals surface area contributed by atoms with E-state index in [1.807, 2.05) is 25.3 Å². The quantitative estimate of drug-likeness (QED) is 0.328. The maximum Gasteiger partial charge on any atom is 0.339 e. The number of rotatable bonds is 7. The zero-order valence-corrected chi connectivity index (χ0v) is 20.7. The van der Waals surface area contributed by atoms with E-state index in [2.05, 4.69) is 15.8 Å². The third kappa shape index (κ3) is 4.98. The van der Waals surface area contributed by atoms with Crippen LogP contribution in [0.5, 0.6) is 11.5 Å². The summed E-state index contributed by atoms with van der Waals surface area (Å²) in [4.78, 5) is 4.97. The van der Waals surface area contributed by atoms with E-state index in [0.717, 1.165) is 41.1 Å². The first-order valence-electron chi connectivity index (χ1n) is 11.9. The molecule has 0 spiro atoms. The molecule has 1 saturated carbocycles. The van der Waals surface area contributed by atoms with Crippen LogP contribution in [0.15, 0.2) is 71.8 Å². The highest BCUT2D eigenvalue weighted by Crippen LogP contribution is 2.34. The number of imidazole rings is 1. The number of aryl methyl sites for hydroxylation is 1. The van der Waals surface area contributed by atoms with E-state index in [1.165, 1.54) is 38.5 Å². The summed E-state index contributed by atoms with van der Waals surface area (Å²) in [6, 6.07) is 17.7. The van der Waals surface area contributed by atoms with E-state index in [0.29, 0.717) is 11.8 Å². The molecule has 0 bridgehead atoms. The van der Waals surface area contributed by atoms with Crippen LogP contribution in [0.1, 0.15) is 37.7 Å². The lowest BCUT2D eigenvalue weighted by molar-refractivity contribution is 0.414. The van der Waals surface area contributed by atoms with Crippen molar-refractivity contribution in [3.8, 4) is 22.8 Å². The van der Waals surface area contributed by atoms with Crippen molar-refractivity contribution in [1.29, 1.82) is 0 Å². The molecule has 2 heterocycles. The van der Waals surface area contributed by atoms with Gasteiger partial charge in [-0.15, -0.1) is 0 Å². The number of pyridine rings is 1. The molecule has 2 aromatic heterocycles. The Bertz CT molecular complexity index is 1440. The van der Waals surface area contributed by atoms with E-state index >= 15 is 0 Å². The second-order valence-corrected chi connectivity index (χ2v) is 10.5. The van der Waals surface area contributed by atoms with Gasteiger partial charge in [0.1, 0.15) is 33.6 Å².